The van der Waals surface area contributed by atoms with Gasteiger partial charge in [-0.05, 0) is 35.6 Å². The van der Waals surface area contributed by atoms with Gasteiger partial charge in [-0.2, -0.15) is 10.2 Å². The van der Waals surface area contributed by atoms with E-state index in [2.05, 4.69) is 37.8 Å². The first-order valence-corrected chi connectivity index (χ1v) is 4.59. The molecule has 0 unspecified atom stereocenters. The van der Waals surface area contributed by atoms with Gasteiger partial charge in [0.1, 0.15) is 3.70 Å². The van der Waals surface area contributed by atoms with Crippen LogP contribution in [-0.4, -0.2) is 15.2 Å². The van der Waals surface area contributed by atoms with Crippen molar-refractivity contribution >= 4 is 33.4 Å². The highest BCUT2D eigenvalue weighted by Crippen LogP contribution is 2.15. The van der Waals surface area contributed by atoms with E-state index in [1.807, 2.05) is 19.2 Å². The van der Waals surface area contributed by atoms with E-state index < -0.39 is 0 Å². The summed E-state index contributed by atoms with van der Waals surface area (Å²) in [6.07, 6.45) is 3.55. The quantitative estimate of drug-likeness (QED) is 0.543. The second-order valence-corrected chi connectivity index (χ2v) is 3.63. The number of aryl methyl sites for hydroxylation is 1. The molecule has 0 atom stereocenters. The van der Waals surface area contributed by atoms with Crippen LogP contribution in [0.25, 0.3) is 10.8 Å². The van der Waals surface area contributed by atoms with E-state index in [1.165, 1.54) is 0 Å². The maximum Gasteiger partial charge on any atom is 0.102 e. The molecule has 3 nitrogen and oxygen atoms in total. The Morgan fingerprint density at radius 1 is 1.33 bits per heavy atom. The number of hydrogen-bond acceptors (Lipinski definition) is 3. The summed E-state index contributed by atoms with van der Waals surface area (Å²) in [6.45, 7) is 1.95. The van der Waals surface area contributed by atoms with Crippen LogP contribution < -0.4 is 0 Å². The lowest BCUT2D eigenvalue weighted by Crippen LogP contribution is -1.89. The predicted octanol–water partition coefficient (Wildman–Crippen LogP) is 1.94. The van der Waals surface area contributed by atoms with Crippen LogP contribution in [0.1, 0.15) is 5.69 Å². The van der Waals surface area contributed by atoms with Gasteiger partial charge in [-0.3, -0.25) is 0 Å². The molecule has 12 heavy (non-hydrogen) atoms. The highest BCUT2D eigenvalue weighted by Gasteiger charge is 1.99. The third-order valence-electron chi connectivity index (χ3n) is 1.70. The zero-order valence-electron chi connectivity index (χ0n) is 6.45. The SMILES string of the molecule is Cc1nncc2cnc(I)cc12. The molecule has 0 radical (unpaired) electrons. The molecule has 2 aromatic heterocycles. The average Bonchev–Trinajstić information content (AvgIpc) is 2.07. The average molecular weight is 271 g/mol. The van der Waals surface area contributed by atoms with E-state index in [0.717, 1.165) is 20.2 Å². The van der Waals surface area contributed by atoms with Crippen LogP contribution in [0, 0.1) is 10.6 Å². The Morgan fingerprint density at radius 2 is 2.17 bits per heavy atom. The second-order valence-electron chi connectivity index (χ2n) is 2.52. The molecule has 0 saturated carbocycles. The van der Waals surface area contributed by atoms with Crippen molar-refractivity contribution in [3.05, 3.63) is 27.9 Å². The van der Waals surface area contributed by atoms with E-state index in [4.69, 9.17) is 0 Å². The van der Waals surface area contributed by atoms with Crippen molar-refractivity contribution in [1.29, 1.82) is 0 Å². The van der Waals surface area contributed by atoms with Crippen molar-refractivity contribution in [1.82, 2.24) is 15.2 Å². The van der Waals surface area contributed by atoms with Crippen LogP contribution in [0.15, 0.2) is 18.5 Å². The van der Waals surface area contributed by atoms with Gasteiger partial charge >= 0.3 is 0 Å². The number of pyridine rings is 1. The number of aromatic nitrogens is 3. The normalized spacial score (nSPS) is 10.5. The monoisotopic (exact) mass is 271 g/mol. The van der Waals surface area contributed by atoms with Gasteiger partial charge in [0.05, 0.1) is 11.9 Å². The summed E-state index contributed by atoms with van der Waals surface area (Å²) < 4.78 is 0.983. The van der Waals surface area contributed by atoms with Crippen molar-refractivity contribution in [3.8, 4) is 0 Å². The maximum absolute atomic E-state index is 4.17. The topological polar surface area (TPSA) is 38.7 Å². The Kier molecular flexibility index (Phi) is 1.92. The first-order chi connectivity index (χ1) is 5.77. The molecule has 60 valence electrons. The second kappa shape index (κ2) is 2.93. The van der Waals surface area contributed by atoms with E-state index in [0.29, 0.717) is 0 Å². The van der Waals surface area contributed by atoms with Crippen molar-refractivity contribution in [2.24, 2.45) is 0 Å². The fourth-order valence-corrected chi connectivity index (χ4v) is 1.54. The molecular weight excluding hydrogens is 265 g/mol. The summed E-state index contributed by atoms with van der Waals surface area (Å²) in [5.41, 5.74) is 0.952. The molecule has 0 aromatic carbocycles. The zero-order chi connectivity index (χ0) is 8.55. The Morgan fingerprint density at radius 3 is 3.00 bits per heavy atom. The summed E-state index contributed by atoms with van der Waals surface area (Å²) in [5.74, 6) is 0. The summed E-state index contributed by atoms with van der Waals surface area (Å²) in [7, 11) is 0. The smallest absolute Gasteiger partial charge is 0.102 e. The third kappa shape index (κ3) is 1.26. The van der Waals surface area contributed by atoms with E-state index in [-0.39, 0.29) is 0 Å². The van der Waals surface area contributed by atoms with Gasteiger partial charge in [0.25, 0.3) is 0 Å². The molecule has 0 amide bonds. The Bertz CT molecular complexity index is 428. The minimum absolute atomic E-state index is 0.952. The Balaban J connectivity index is 2.88. The lowest BCUT2D eigenvalue weighted by atomic mass is 10.2. The van der Waals surface area contributed by atoms with Gasteiger partial charge in [-0.15, -0.1) is 0 Å². The van der Waals surface area contributed by atoms with Crippen LogP contribution in [0.5, 0.6) is 0 Å². The van der Waals surface area contributed by atoms with E-state index in [1.54, 1.807) is 6.20 Å². The maximum atomic E-state index is 4.17. The lowest BCUT2D eigenvalue weighted by Gasteiger charge is -1.98. The molecule has 0 spiro atoms. The van der Waals surface area contributed by atoms with Gasteiger partial charge in [0.2, 0.25) is 0 Å². The number of nitrogens with zero attached hydrogens (tertiary/aromatic N) is 3. The fraction of sp³-hybridized carbons (Fsp3) is 0.125. The predicted molar refractivity (Wildman–Crippen MR) is 54.8 cm³/mol. The van der Waals surface area contributed by atoms with Crippen molar-refractivity contribution in [2.45, 2.75) is 6.92 Å². The first kappa shape index (κ1) is 7.85. The fourth-order valence-electron chi connectivity index (χ4n) is 1.09. The van der Waals surface area contributed by atoms with Gasteiger partial charge < -0.3 is 0 Å². The molecule has 0 bridgehead atoms. The van der Waals surface area contributed by atoms with Gasteiger partial charge in [0, 0.05) is 17.0 Å². The van der Waals surface area contributed by atoms with Gasteiger partial charge in [0.15, 0.2) is 0 Å². The minimum atomic E-state index is 0.952. The standard InChI is InChI=1S/C8H6IN3/c1-5-7-2-8(9)10-3-6(7)4-11-12-5/h2-4H,1H3. The Hall–Kier alpha value is -0.780. The molecule has 0 aliphatic carbocycles. The van der Waals surface area contributed by atoms with Crippen LogP contribution >= 0.6 is 22.6 Å². The molecule has 2 aromatic rings. The minimum Gasteiger partial charge on any atom is -0.250 e. The summed E-state index contributed by atoms with van der Waals surface area (Å²) in [6, 6.07) is 2.01. The molecule has 4 heteroatoms. The van der Waals surface area contributed by atoms with Gasteiger partial charge in [-0.25, -0.2) is 4.98 Å². The molecular formula is C8H6IN3. The number of hydrogen-bond donors (Lipinski definition) is 0. The molecule has 0 N–H and O–H groups in total. The van der Waals surface area contributed by atoms with Crippen LogP contribution in [-0.2, 0) is 0 Å². The van der Waals surface area contributed by atoms with Crippen LogP contribution in [0.3, 0.4) is 0 Å². The number of rotatable bonds is 0. The van der Waals surface area contributed by atoms with E-state index >= 15 is 0 Å². The molecule has 0 aliphatic rings. The third-order valence-corrected chi connectivity index (χ3v) is 2.29. The largest absolute Gasteiger partial charge is 0.250 e. The lowest BCUT2D eigenvalue weighted by molar-refractivity contribution is 1.000. The van der Waals surface area contributed by atoms with Crippen LogP contribution in [0.2, 0.25) is 0 Å². The molecule has 2 heterocycles. The Labute approximate surface area is 83.4 Å². The summed E-state index contributed by atoms with van der Waals surface area (Å²) in [4.78, 5) is 4.17. The van der Waals surface area contributed by atoms with E-state index in [9.17, 15) is 0 Å². The molecule has 0 aliphatic heterocycles. The zero-order valence-corrected chi connectivity index (χ0v) is 8.61. The summed E-state index contributed by atoms with van der Waals surface area (Å²) in [5, 5.41) is 9.99. The van der Waals surface area contributed by atoms with Crippen molar-refractivity contribution in [3.63, 3.8) is 0 Å². The van der Waals surface area contributed by atoms with Gasteiger partial charge in [-0.1, -0.05) is 0 Å². The van der Waals surface area contributed by atoms with Crippen molar-refractivity contribution < 1.29 is 0 Å². The van der Waals surface area contributed by atoms with Crippen molar-refractivity contribution in [2.75, 3.05) is 0 Å². The molecule has 0 saturated heterocycles. The summed E-state index contributed by atoms with van der Waals surface area (Å²) >= 11 is 2.19. The molecule has 2 rings (SSSR count). The molecule has 0 fully saturated rings. The highest BCUT2D eigenvalue weighted by molar-refractivity contribution is 14.1. The first-order valence-electron chi connectivity index (χ1n) is 3.51. The highest BCUT2D eigenvalue weighted by atomic mass is 127. The number of halogens is 1. The van der Waals surface area contributed by atoms with Crippen LogP contribution in [0.4, 0.5) is 0 Å². The number of fused-ring (bicyclic) bond motifs is 1.